The molecule has 1 rings (SSSR count). The summed E-state index contributed by atoms with van der Waals surface area (Å²) in [6.07, 6.45) is 0.795. The van der Waals surface area contributed by atoms with Crippen molar-refractivity contribution in [2.45, 2.75) is 0 Å². The van der Waals surface area contributed by atoms with E-state index in [0.717, 1.165) is 26.3 Å². The Hall–Kier alpha value is 0.130. The number of carbonyl (C=O) groups is 1. The van der Waals surface area contributed by atoms with Crippen molar-refractivity contribution in [2.75, 3.05) is 11.9 Å². The van der Waals surface area contributed by atoms with Gasteiger partial charge in [-0.25, -0.2) is 0 Å². The molecule has 76 valence electrons. The van der Waals surface area contributed by atoms with E-state index in [1.54, 1.807) is 12.1 Å². The van der Waals surface area contributed by atoms with Gasteiger partial charge in [0.25, 0.3) is 0 Å². The Morgan fingerprint density at radius 1 is 1.29 bits per heavy atom. The second-order valence-electron chi connectivity index (χ2n) is 2.47. The summed E-state index contributed by atoms with van der Waals surface area (Å²) in [6, 6.07) is 3.45. The summed E-state index contributed by atoms with van der Waals surface area (Å²) in [5, 5.41) is 0.765. The SMILES string of the molecule is O=Cc1cc(Br)c(OCCBr)c(Br)c1. The molecular formula is C9H7Br3O2. The molecule has 0 aliphatic rings. The van der Waals surface area contributed by atoms with Crippen LogP contribution in [0, 0.1) is 0 Å². The molecular weight excluding hydrogens is 380 g/mol. The van der Waals surface area contributed by atoms with Gasteiger partial charge in [-0.05, 0) is 44.0 Å². The maximum atomic E-state index is 10.5. The molecule has 0 saturated heterocycles. The van der Waals surface area contributed by atoms with Crippen LogP contribution in [0.4, 0.5) is 0 Å². The van der Waals surface area contributed by atoms with Crippen LogP contribution >= 0.6 is 47.8 Å². The third-order valence-electron chi connectivity index (χ3n) is 1.48. The molecule has 0 amide bonds. The Kier molecular flexibility index (Phi) is 5.12. The fraction of sp³-hybridized carbons (Fsp3) is 0.222. The van der Waals surface area contributed by atoms with E-state index in [9.17, 15) is 4.79 Å². The topological polar surface area (TPSA) is 26.3 Å². The molecule has 0 radical (unpaired) electrons. The number of hydrogen-bond acceptors (Lipinski definition) is 2. The van der Waals surface area contributed by atoms with Gasteiger partial charge in [0.05, 0.1) is 15.6 Å². The van der Waals surface area contributed by atoms with Crippen molar-refractivity contribution in [2.24, 2.45) is 0 Å². The van der Waals surface area contributed by atoms with E-state index < -0.39 is 0 Å². The Labute approximate surface area is 107 Å². The first-order valence-electron chi connectivity index (χ1n) is 3.82. The molecule has 0 saturated carbocycles. The van der Waals surface area contributed by atoms with Gasteiger partial charge < -0.3 is 4.74 Å². The van der Waals surface area contributed by atoms with Gasteiger partial charge in [-0.15, -0.1) is 0 Å². The fourth-order valence-electron chi connectivity index (χ4n) is 0.926. The molecule has 1 aromatic rings. The number of carbonyl (C=O) groups excluding carboxylic acids is 1. The molecule has 0 fully saturated rings. The zero-order chi connectivity index (χ0) is 10.6. The Bertz CT molecular complexity index is 316. The number of alkyl halides is 1. The average Bonchev–Trinajstić information content (AvgIpc) is 2.16. The van der Waals surface area contributed by atoms with Gasteiger partial charge >= 0.3 is 0 Å². The molecule has 0 spiro atoms. The molecule has 0 heterocycles. The van der Waals surface area contributed by atoms with E-state index in [2.05, 4.69) is 47.8 Å². The summed E-state index contributed by atoms with van der Waals surface area (Å²) < 4.78 is 7.01. The average molecular weight is 387 g/mol. The molecule has 1 aromatic carbocycles. The Morgan fingerprint density at radius 2 is 1.86 bits per heavy atom. The summed E-state index contributed by atoms with van der Waals surface area (Å²) in [6.45, 7) is 0.581. The molecule has 0 bridgehead atoms. The van der Waals surface area contributed by atoms with Crippen LogP contribution < -0.4 is 4.74 Å². The zero-order valence-electron chi connectivity index (χ0n) is 7.10. The van der Waals surface area contributed by atoms with Gasteiger partial charge in [0.1, 0.15) is 12.0 Å². The van der Waals surface area contributed by atoms with Crippen LogP contribution in [-0.2, 0) is 0 Å². The molecule has 0 N–H and O–H groups in total. The molecule has 14 heavy (non-hydrogen) atoms. The van der Waals surface area contributed by atoms with E-state index in [1.807, 2.05) is 0 Å². The third-order valence-corrected chi connectivity index (χ3v) is 2.98. The minimum absolute atomic E-state index is 0.581. The van der Waals surface area contributed by atoms with Crippen molar-refractivity contribution in [1.82, 2.24) is 0 Å². The summed E-state index contributed by atoms with van der Waals surface area (Å²) in [5.74, 6) is 0.718. The maximum absolute atomic E-state index is 10.5. The lowest BCUT2D eigenvalue weighted by molar-refractivity contribution is 0.112. The maximum Gasteiger partial charge on any atom is 0.150 e. The lowest BCUT2D eigenvalue weighted by atomic mass is 10.2. The number of rotatable bonds is 4. The molecule has 5 heteroatoms. The van der Waals surface area contributed by atoms with Crippen molar-refractivity contribution in [3.05, 3.63) is 26.6 Å². The third kappa shape index (κ3) is 3.07. The van der Waals surface area contributed by atoms with Crippen molar-refractivity contribution in [1.29, 1.82) is 0 Å². The van der Waals surface area contributed by atoms with Gasteiger partial charge in [0, 0.05) is 10.9 Å². The van der Waals surface area contributed by atoms with Gasteiger partial charge in [0.2, 0.25) is 0 Å². The first-order valence-corrected chi connectivity index (χ1v) is 6.52. The first-order chi connectivity index (χ1) is 6.69. The number of ether oxygens (including phenoxy) is 1. The Morgan fingerprint density at radius 3 is 2.29 bits per heavy atom. The smallest absolute Gasteiger partial charge is 0.150 e. The fourth-order valence-corrected chi connectivity index (χ4v) is 2.54. The highest BCUT2D eigenvalue weighted by atomic mass is 79.9. The lowest BCUT2D eigenvalue weighted by Crippen LogP contribution is -1.99. The minimum atomic E-state index is 0.581. The number of benzene rings is 1. The van der Waals surface area contributed by atoms with Crippen molar-refractivity contribution >= 4 is 54.1 Å². The van der Waals surface area contributed by atoms with Crippen LogP contribution in [0.2, 0.25) is 0 Å². The van der Waals surface area contributed by atoms with Crippen LogP contribution in [0.15, 0.2) is 21.1 Å². The molecule has 2 nitrogen and oxygen atoms in total. The molecule has 0 aliphatic heterocycles. The molecule has 0 aromatic heterocycles. The minimum Gasteiger partial charge on any atom is -0.490 e. The monoisotopic (exact) mass is 384 g/mol. The number of halogens is 3. The predicted octanol–water partition coefficient (Wildman–Crippen LogP) is 3.80. The summed E-state index contributed by atoms with van der Waals surface area (Å²) in [5.41, 5.74) is 0.606. The van der Waals surface area contributed by atoms with Gasteiger partial charge in [-0.2, -0.15) is 0 Å². The molecule has 0 unspecified atom stereocenters. The molecule has 0 aliphatic carbocycles. The lowest BCUT2D eigenvalue weighted by Gasteiger charge is -2.09. The van der Waals surface area contributed by atoms with Crippen LogP contribution in [0.1, 0.15) is 10.4 Å². The number of hydrogen-bond donors (Lipinski definition) is 0. The normalized spacial score (nSPS) is 9.93. The summed E-state index contributed by atoms with van der Waals surface area (Å²) >= 11 is 9.95. The van der Waals surface area contributed by atoms with Gasteiger partial charge in [-0.3, -0.25) is 4.79 Å². The molecule has 0 atom stereocenters. The van der Waals surface area contributed by atoms with Crippen LogP contribution in [0.3, 0.4) is 0 Å². The highest BCUT2D eigenvalue weighted by Gasteiger charge is 2.08. The predicted molar refractivity (Wildman–Crippen MR) is 66.5 cm³/mol. The van der Waals surface area contributed by atoms with Gasteiger partial charge in [-0.1, -0.05) is 15.9 Å². The van der Waals surface area contributed by atoms with Crippen molar-refractivity contribution < 1.29 is 9.53 Å². The van der Waals surface area contributed by atoms with Crippen LogP contribution in [0.5, 0.6) is 5.75 Å². The van der Waals surface area contributed by atoms with Crippen LogP contribution in [0.25, 0.3) is 0 Å². The van der Waals surface area contributed by atoms with E-state index in [0.29, 0.717) is 12.2 Å². The van der Waals surface area contributed by atoms with Crippen molar-refractivity contribution in [3.63, 3.8) is 0 Å². The first kappa shape index (κ1) is 12.2. The second kappa shape index (κ2) is 5.88. The Balaban J connectivity index is 2.99. The van der Waals surface area contributed by atoms with E-state index in [4.69, 9.17) is 4.74 Å². The van der Waals surface area contributed by atoms with Gasteiger partial charge in [0.15, 0.2) is 0 Å². The number of aldehydes is 1. The highest BCUT2D eigenvalue weighted by Crippen LogP contribution is 2.34. The summed E-state index contributed by atoms with van der Waals surface area (Å²) in [7, 11) is 0. The van der Waals surface area contributed by atoms with Crippen LogP contribution in [-0.4, -0.2) is 18.2 Å². The zero-order valence-corrected chi connectivity index (χ0v) is 11.9. The van der Waals surface area contributed by atoms with E-state index in [1.165, 1.54) is 0 Å². The standard InChI is InChI=1S/C9H7Br3O2/c10-1-2-14-9-7(11)3-6(5-13)4-8(9)12/h3-5H,1-2H2. The van der Waals surface area contributed by atoms with E-state index in [-0.39, 0.29) is 0 Å². The largest absolute Gasteiger partial charge is 0.490 e. The summed E-state index contributed by atoms with van der Waals surface area (Å²) in [4.78, 5) is 10.5. The highest BCUT2D eigenvalue weighted by molar-refractivity contribution is 9.11. The van der Waals surface area contributed by atoms with Crippen molar-refractivity contribution in [3.8, 4) is 5.75 Å². The van der Waals surface area contributed by atoms with E-state index >= 15 is 0 Å². The second-order valence-corrected chi connectivity index (χ2v) is 4.97. The quantitative estimate of drug-likeness (QED) is 0.581.